The maximum Gasteiger partial charge on any atom is 0.253 e. The molecule has 8 nitrogen and oxygen atoms in total. The molecule has 146 valence electrons. The number of carbonyl (C=O) groups excluding carboxylic acids is 1. The summed E-state index contributed by atoms with van der Waals surface area (Å²) in [6.07, 6.45) is 2.76. The van der Waals surface area contributed by atoms with Crippen LogP contribution >= 0.6 is 11.3 Å². The number of hydrogen-bond donors (Lipinski definition) is 1. The van der Waals surface area contributed by atoms with Gasteiger partial charge in [-0.2, -0.15) is 4.31 Å². The summed E-state index contributed by atoms with van der Waals surface area (Å²) in [5.74, 6) is 0.353. The standard InChI is InChI=1S/C18H19N5O3S2/c1-22-12-19-21-17(22)13-5-2-6-14(11-13)20-18(24)15-7-3-9-23(15)28(25,26)16-8-4-10-27-16/h2,4-6,8,10-12,15H,3,7,9H2,1H3,(H,20,24). The average molecular weight is 418 g/mol. The number of benzene rings is 1. The van der Waals surface area contributed by atoms with Crippen LogP contribution in [0.2, 0.25) is 0 Å². The van der Waals surface area contributed by atoms with Crippen molar-refractivity contribution in [3.05, 3.63) is 48.1 Å². The van der Waals surface area contributed by atoms with Crippen molar-refractivity contribution in [1.82, 2.24) is 19.1 Å². The molecule has 3 aromatic rings. The number of carbonyl (C=O) groups is 1. The minimum absolute atomic E-state index is 0.261. The molecular weight excluding hydrogens is 398 g/mol. The number of nitrogens with zero attached hydrogens (tertiary/aromatic N) is 4. The van der Waals surface area contributed by atoms with Gasteiger partial charge in [0.15, 0.2) is 5.82 Å². The predicted octanol–water partition coefficient (Wildman–Crippen LogP) is 2.34. The fraction of sp³-hybridized carbons (Fsp3) is 0.278. The second-order valence-corrected chi connectivity index (χ2v) is 9.61. The van der Waals surface area contributed by atoms with Gasteiger partial charge >= 0.3 is 0 Å². The summed E-state index contributed by atoms with van der Waals surface area (Å²) in [5, 5.41) is 12.5. The molecule has 1 aliphatic heterocycles. The molecule has 1 aromatic carbocycles. The van der Waals surface area contributed by atoms with Gasteiger partial charge in [0.25, 0.3) is 10.0 Å². The van der Waals surface area contributed by atoms with Gasteiger partial charge in [-0.25, -0.2) is 8.42 Å². The van der Waals surface area contributed by atoms with E-state index >= 15 is 0 Å². The molecule has 1 saturated heterocycles. The molecular formula is C18H19N5O3S2. The van der Waals surface area contributed by atoms with Crippen molar-refractivity contribution in [1.29, 1.82) is 0 Å². The van der Waals surface area contributed by atoms with Crippen LogP contribution in [0.5, 0.6) is 0 Å². The Balaban J connectivity index is 1.55. The predicted molar refractivity (Wildman–Crippen MR) is 106 cm³/mol. The van der Waals surface area contributed by atoms with Crippen LogP contribution in [0.15, 0.2) is 52.3 Å². The average Bonchev–Trinajstić information content (AvgIpc) is 3.43. The first kappa shape index (κ1) is 18.8. The molecule has 1 fully saturated rings. The van der Waals surface area contributed by atoms with Crippen LogP contribution < -0.4 is 5.32 Å². The third-order valence-corrected chi connectivity index (χ3v) is 7.95. The second kappa shape index (κ2) is 7.46. The van der Waals surface area contributed by atoms with E-state index < -0.39 is 16.1 Å². The maximum absolute atomic E-state index is 12.9. The number of nitrogens with one attached hydrogen (secondary N) is 1. The summed E-state index contributed by atoms with van der Waals surface area (Å²) in [5.41, 5.74) is 1.40. The van der Waals surface area contributed by atoms with Crippen molar-refractivity contribution >= 4 is 33.0 Å². The van der Waals surface area contributed by atoms with Crippen LogP contribution in [-0.4, -0.2) is 46.0 Å². The normalized spacial score (nSPS) is 17.7. The van der Waals surface area contributed by atoms with Crippen molar-refractivity contribution in [3.63, 3.8) is 0 Å². The molecule has 4 rings (SSSR count). The number of amides is 1. The second-order valence-electron chi connectivity index (χ2n) is 6.54. The van der Waals surface area contributed by atoms with E-state index in [-0.39, 0.29) is 10.1 Å². The van der Waals surface area contributed by atoms with E-state index in [4.69, 9.17) is 0 Å². The van der Waals surface area contributed by atoms with Gasteiger partial charge in [0.05, 0.1) is 0 Å². The number of anilines is 1. The highest BCUT2D eigenvalue weighted by atomic mass is 32.2. The highest BCUT2D eigenvalue weighted by molar-refractivity contribution is 7.91. The van der Waals surface area contributed by atoms with Gasteiger partial charge in [-0.05, 0) is 36.4 Å². The van der Waals surface area contributed by atoms with Gasteiger partial charge in [0, 0.05) is 24.8 Å². The van der Waals surface area contributed by atoms with Crippen LogP contribution in [0.3, 0.4) is 0 Å². The first-order chi connectivity index (χ1) is 13.5. The summed E-state index contributed by atoms with van der Waals surface area (Å²) >= 11 is 1.16. The Kier molecular flexibility index (Phi) is 5.00. The van der Waals surface area contributed by atoms with E-state index in [0.717, 1.165) is 16.9 Å². The Labute approximate surface area is 166 Å². The van der Waals surface area contributed by atoms with Crippen LogP contribution in [0.25, 0.3) is 11.4 Å². The molecule has 10 heteroatoms. The lowest BCUT2D eigenvalue weighted by Gasteiger charge is -2.22. The number of rotatable bonds is 5. The SMILES string of the molecule is Cn1cnnc1-c1cccc(NC(=O)C2CCCN2S(=O)(=O)c2cccs2)c1. The smallest absolute Gasteiger partial charge is 0.253 e. The minimum atomic E-state index is -3.66. The van der Waals surface area contributed by atoms with Crippen LogP contribution in [0.4, 0.5) is 5.69 Å². The van der Waals surface area contributed by atoms with Gasteiger partial charge in [-0.1, -0.05) is 18.2 Å². The molecule has 28 heavy (non-hydrogen) atoms. The molecule has 1 unspecified atom stereocenters. The van der Waals surface area contributed by atoms with Crippen molar-refractivity contribution in [2.75, 3.05) is 11.9 Å². The zero-order valence-electron chi connectivity index (χ0n) is 15.1. The first-order valence-corrected chi connectivity index (χ1v) is 11.1. The third kappa shape index (κ3) is 3.46. The first-order valence-electron chi connectivity index (χ1n) is 8.77. The van der Waals surface area contributed by atoms with Gasteiger partial charge in [-0.15, -0.1) is 21.5 Å². The van der Waals surface area contributed by atoms with E-state index in [2.05, 4.69) is 15.5 Å². The van der Waals surface area contributed by atoms with Gasteiger partial charge in [-0.3, -0.25) is 4.79 Å². The van der Waals surface area contributed by atoms with E-state index in [1.54, 1.807) is 40.5 Å². The van der Waals surface area contributed by atoms with Crippen LogP contribution in [0.1, 0.15) is 12.8 Å². The lowest BCUT2D eigenvalue weighted by atomic mass is 10.1. The molecule has 0 radical (unpaired) electrons. The zero-order chi connectivity index (χ0) is 19.7. The summed E-state index contributed by atoms with van der Waals surface area (Å²) in [4.78, 5) is 12.9. The quantitative estimate of drug-likeness (QED) is 0.687. The third-order valence-electron chi connectivity index (χ3n) is 4.66. The van der Waals surface area contributed by atoms with Gasteiger partial charge in [0.2, 0.25) is 5.91 Å². The van der Waals surface area contributed by atoms with E-state index in [1.165, 1.54) is 4.31 Å². The van der Waals surface area contributed by atoms with E-state index in [0.29, 0.717) is 30.9 Å². The van der Waals surface area contributed by atoms with Gasteiger partial charge < -0.3 is 9.88 Å². The number of aromatic nitrogens is 3. The molecule has 0 saturated carbocycles. The molecule has 1 N–H and O–H groups in total. The fourth-order valence-corrected chi connectivity index (χ4v) is 6.10. The van der Waals surface area contributed by atoms with Crippen molar-refractivity contribution in [2.45, 2.75) is 23.1 Å². The summed E-state index contributed by atoms with van der Waals surface area (Å²) in [6, 6.07) is 9.81. The molecule has 3 heterocycles. The van der Waals surface area contributed by atoms with Crippen molar-refractivity contribution in [2.24, 2.45) is 7.05 Å². The molecule has 0 bridgehead atoms. The molecule has 1 atom stereocenters. The minimum Gasteiger partial charge on any atom is -0.325 e. The molecule has 1 aliphatic rings. The number of hydrogen-bond acceptors (Lipinski definition) is 6. The number of thiophene rings is 1. The highest BCUT2D eigenvalue weighted by Gasteiger charge is 2.39. The highest BCUT2D eigenvalue weighted by Crippen LogP contribution is 2.29. The Bertz CT molecular complexity index is 1090. The number of sulfonamides is 1. The van der Waals surface area contributed by atoms with Gasteiger partial charge in [0.1, 0.15) is 16.6 Å². The largest absolute Gasteiger partial charge is 0.325 e. The Morgan fingerprint density at radius 3 is 2.86 bits per heavy atom. The molecule has 0 aliphatic carbocycles. The zero-order valence-corrected chi connectivity index (χ0v) is 16.8. The maximum atomic E-state index is 12.9. The number of aryl methyl sites for hydroxylation is 1. The Hall–Kier alpha value is -2.56. The van der Waals surface area contributed by atoms with Crippen molar-refractivity contribution in [3.8, 4) is 11.4 Å². The lowest BCUT2D eigenvalue weighted by molar-refractivity contribution is -0.119. The molecule has 2 aromatic heterocycles. The summed E-state index contributed by atoms with van der Waals surface area (Å²) in [7, 11) is -1.82. The lowest BCUT2D eigenvalue weighted by Crippen LogP contribution is -2.42. The molecule has 1 amide bonds. The summed E-state index contributed by atoms with van der Waals surface area (Å²) in [6.45, 7) is 0.345. The van der Waals surface area contributed by atoms with Crippen LogP contribution in [-0.2, 0) is 21.9 Å². The summed E-state index contributed by atoms with van der Waals surface area (Å²) < 4.78 is 29.0. The fourth-order valence-electron chi connectivity index (χ4n) is 3.32. The van der Waals surface area contributed by atoms with Crippen LogP contribution in [0, 0.1) is 0 Å². The van der Waals surface area contributed by atoms with E-state index in [9.17, 15) is 13.2 Å². The monoisotopic (exact) mass is 417 g/mol. The van der Waals surface area contributed by atoms with E-state index in [1.807, 2.05) is 19.2 Å². The Morgan fingerprint density at radius 1 is 1.29 bits per heavy atom. The van der Waals surface area contributed by atoms with Crippen molar-refractivity contribution < 1.29 is 13.2 Å². The molecule has 0 spiro atoms. The Morgan fingerprint density at radius 2 is 2.14 bits per heavy atom. The topological polar surface area (TPSA) is 97.2 Å².